The SMILES string of the molecule is Brc1ccc2c(c1)oc1cc(Br)ccc12.Brc1ccc2c(c1)sc1cc(Br)ccc12.Brc1ccc2c3ccc(Br)cc3n(-c3ccccc3)c2c1.CC(C)(C)c1ccc2c(c1)C1(c3cc(Br)ccc3-c3ccc(Br)cc31)c1cc(C(C)(C)C)ccc1-2.CC1(C)c2cc(Br)ccc2-c2cc3c(cc21)-c1ccc(Br)cc1C3(C)C.CC1(C)c2cc(Br)ccc2-c2cc3c(cc21)-c1ccc(Br)cc1C3(C)C. The van der Waals surface area contributed by atoms with Gasteiger partial charge in [0.15, 0.2) is 0 Å². The molecule has 15 heteroatoms. The molecule has 26 rings (SSSR count). The lowest BCUT2D eigenvalue weighted by molar-refractivity contribution is 0.586. The number of aromatic nitrogens is 1. The number of furan rings is 1. The number of thiophene rings is 1. The van der Waals surface area contributed by atoms with Crippen LogP contribution in [-0.4, -0.2) is 4.57 Å². The molecule has 0 amide bonds. The van der Waals surface area contributed by atoms with Crippen molar-refractivity contribution in [3.63, 3.8) is 0 Å². The Bertz CT molecular complexity index is 7760. The molecule has 0 radical (unpaired) electrons. The van der Waals surface area contributed by atoms with Crippen LogP contribution in [0.3, 0.4) is 0 Å². The highest BCUT2D eigenvalue weighted by molar-refractivity contribution is 9.12. The van der Waals surface area contributed by atoms with Crippen LogP contribution in [0.25, 0.3) is 136 Å². The van der Waals surface area contributed by atoms with Crippen molar-refractivity contribution in [2.24, 2.45) is 0 Å². The third kappa shape index (κ3) is 16.6. The first-order valence-corrected chi connectivity index (χ1v) is 56.4. The van der Waals surface area contributed by atoms with E-state index in [2.05, 4.69) is 572 Å². The van der Waals surface area contributed by atoms with Crippen LogP contribution in [0.5, 0.6) is 0 Å². The first-order chi connectivity index (χ1) is 65.5. The Hall–Kier alpha value is -7.68. The topological polar surface area (TPSA) is 18.1 Å². The van der Waals surface area contributed by atoms with E-state index >= 15 is 0 Å². The maximum absolute atomic E-state index is 5.75. The highest BCUT2D eigenvalue weighted by Gasteiger charge is 2.53. The largest absolute Gasteiger partial charge is 0.456 e. The van der Waals surface area contributed by atoms with E-state index in [4.69, 9.17) is 4.42 Å². The first kappa shape index (κ1) is 96.5. The fourth-order valence-corrected chi connectivity index (χ4v) is 27.9. The van der Waals surface area contributed by atoms with E-state index in [1.807, 2.05) is 41.7 Å². The van der Waals surface area contributed by atoms with Gasteiger partial charge in [-0.2, -0.15) is 0 Å². The molecule has 3 heterocycles. The Kier molecular flexibility index (Phi) is 25.1. The number of nitrogens with zero attached hydrogens (tertiary/aromatic N) is 1. The van der Waals surface area contributed by atoms with E-state index in [9.17, 15) is 0 Å². The number of para-hydroxylation sites is 1. The summed E-state index contributed by atoms with van der Waals surface area (Å²) in [5.41, 5.74) is 41.5. The zero-order valence-corrected chi connectivity index (χ0v) is 98.1. The fraction of sp³-hybridized carbons (Fsp3) is 0.171. The second kappa shape index (κ2) is 36.0. The van der Waals surface area contributed by atoms with Gasteiger partial charge in [-0.25, -0.2) is 0 Å². The van der Waals surface area contributed by atoms with E-state index in [1.54, 1.807) is 0 Å². The fourth-order valence-electron chi connectivity index (χ4n) is 22.2. The molecule has 0 atom stereocenters. The molecular formula is C123H93Br12NOS. The van der Waals surface area contributed by atoms with Crippen LogP contribution in [0, 0.1) is 0 Å². The molecule has 138 heavy (non-hydrogen) atoms. The van der Waals surface area contributed by atoms with Crippen molar-refractivity contribution < 1.29 is 4.42 Å². The van der Waals surface area contributed by atoms with E-state index < -0.39 is 0 Å². The van der Waals surface area contributed by atoms with Gasteiger partial charge in [0.2, 0.25) is 0 Å². The molecule has 0 fully saturated rings. The summed E-state index contributed by atoms with van der Waals surface area (Å²) >= 11 is 45.1. The van der Waals surface area contributed by atoms with Gasteiger partial charge in [-0.3, -0.25) is 0 Å². The normalized spacial score (nSPS) is 14.6. The summed E-state index contributed by atoms with van der Waals surface area (Å²) in [6, 6.07) is 113. The van der Waals surface area contributed by atoms with Crippen molar-refractivity contribution in [1.82, 2.24) is 4.57 Å². The molecule has 0 N–H and O–H groups in total. The van der Waals surface area contributed by atoms with Crippen molar-refractivity contribution in [1.29, 1.82) is 0 Å². The number of fused-ring (bicyclic) bond motifs is 31. The van der Waals surface area contributed by atoms with Crippen molar-refractivity contribution in [3.05, 3.63) is 441 Å². The van der Waals surface area contributed by atoms with Gasteiger partial charge in [0, 0.05) is 123 Å². The third-order valence-corrected chi connectivity index (χ3v) is 36.3. The number of rotatable bonds is 1. The molecule has 3 aromatic heterocycles. The van der Waals surface area contributed by atoms with Gasteiger partial charge >= 0.3 is 0 Å². The number of halogens is 12. The van der Waals surface area contributed by atoms with Crippen LogP contribution < -0.4 is 0 Å². The number of hydrogen-bond donors (Lipinski definition) is 0. The van der Waals surface area contributed by atoms with Gasteiger partial charge in [-0.1, -0.05) is 403 Å². The van der Waals surface area contributed by atoms with Crippen molar-refractivity contribution >= 4 is 266 Å². The smallest absolute Gasteiger partial charge is 0.136 e. The Morgan fingerprint density at radius 1 is 0.217 bits per heavy atom. The molecule has 0 bridgehead atoms. The summed E-state index contributed by atoms with van der Waals surface area (Å²) in [4.78, 5) is 0. The maximum Gasteiger partial charge on any atom is 0.136 e. The molecule has 0 saturated heterocycles. The lowest BCUT2D eigenvalue weighted by atomic mass is 9.69. The average Bonchev–Trinajstić information content (AvgIpc) is 1.50. The number of benzene rings is 17. The van der Waals surface area contributed by atoms with E-state index in [0.29, 0.717) is 0 Å². The number of hydrogen-bond acceptors (Lipinski definition) is 2. The zero-order valence-electron chi connectivity index (χ0n) is 78.2. The Morgan fingerprint density at radius 2 is 0.449 bits per heavy atom. The predicted molar refractivity (Wildman–Crippen MR) is 630 cm³/mol. The van der Waals surface area contributed by atoms with Crippen molar-refractivity contribution in [2.45, 2.75) is 135 Å². The van der Waals surface area contributed by atoms with Crippen LogP contribution >= 0.6 is 202 Å². The Balaban J connectivity index is 0.000000101. The first-order valence-electron chi connectivity index (χ1n) is 46.1. The molecule has 2 nitrogen and oxygen atoms in total. The van der Waals surface area contributed by atoms with E-state index in [-0.39, 0.29) is 37.9 Å². The molecule has 17 aromatic carbocycles. The highest BCUT2D eigenvalue weighted by Crippen LogP contribution is 2.66. The summed E-state index contributed by atoms with van der Waals surface area (Å²) in [5, 5.41) is 7.52. The monoisotopic (exact) mass is 2580 g/mol. The van der Waals surface area contributed by atoms with E-state index in [0.717, 1.165) is 75.6 Å². The Labute approximate surface area is 912 Å². The summed E-state index contributed by atoms with van der Waals surface area (Å²) in [5.74, 6) is 0. The summed E-state index contributed by atoms with van der Waals surface area (Å²) < 4.78 is 24.1. The second-order valence-corrected chi connectivity index (χ2v) is 53.1. The van der Waals surface area contributed by atoms with Crippen LogP contribution in [-0.2, 0) is 37.9 Å². The van der Waals surface area contributed by atoms with Crippen molar-refractivity contribution in [3.8, 4) is 72.4 Å². The van der Waals surface area contributed by atoms with Gasteiger partial charge in [0.1, 0.15) is 11.2 Å². The van der Waals surface area contributed by atoms with Crippen LogP contribution in [0.1, 0.15) is 175 Å². The van der Waals surface area contributed by atoms with Gasteiger partial charge in [0.25, 0.3) is 0 Å². The lowest BCUT2D eigenvalue weighted by Crippen LogP contribution is -2.27. The van der Waals surface area contributed by atoms with Crippen LogP contribution in [0.4, 0.5) is 0 Å². The summed E-state index contributed by atoms with van der Waals surface area (Å²) in [6.07, 6.45) is 0. The standard InChI is InChI=1S/C33H30Br2.2C24H20Br2.C18H11Br2N.C12H6Br2O.C12H6Br2S/c1-31(2,3)19-7-11-23-24-12-8-20(32(4,5)6)16-28(24)33(27(23)15-19)29-17-21(34)9-13-25(29)26-14-10-22(35)18-30(26)33;2*1-23(2)19-9-13(25)5-7-15(19)17-12-22-18(11-21(17)23)16-8-6-14(26)10-20(16)24(22,3)4;19-12-6-8-15-16-9-7-13(20)11-18(16)21(17(15)10-12)14-4-2-1-3-5-14;2*13-7-1-3-9-10-4-2-8(14)6-12(10)15-11(9)5-7/h7-18H,1-6H3;2*5-12H,1-4H3;1-11H;2*1-6H. The zero-order chi connectivity index (χ0) is 97.0. The minimum atomic E-state index is -0.342. The van der Waals surface area contributed by atoms with Crippen LogP contribution in [0.2, 0.25) is 0 Å². The average molecular weight is 2590 g/mol. The predicted octanol–water partition coefficient (Wildman–Crippen LogP) is 42.8. The molecule has 6 aliphatic rings. The molecule has 20 aromatic rings. The van der Waals surface area contributed by atoms with Gasteiger partial charge in [-0.05, 0) is 350 Å². The molecule has 686 valence electrons. The molecule has 0 saturated carbocycles. The van der Waals surface area contributed by atoms with Gasteiger partial charge in [-0.15, -0.1) is 11.3 Å². The minimum absolute atomic E-state index is 0.0196. The molecule has 0 aliphatic heterocycles. The Morgan fingerprint density at radius 3 is 0.754 bits per heavy atom. The summed E-state index contributed by atoms with van der Waals surface area (Å²) in [6.45, 7) is 32.6. The van der Waals surface area contributed by atoms with Crippen molar-refractivity contribution in [2.75, 3.05) is 0 Å². The lowest BCUT2D eigenvalue weighted by Gasteiger charge is -2.33. The molecule has 0 unspecified atom stereocenters. The molecule has 6 aliphatic carbocycles. The van der Waals surface area contributed by atoms with Crippen LogP contribution in [0.15, 0.2) is 367 Å². The third-order valence-electron chi connectivity index (χ3n) is 29.2. The molecular weight excluding hydrogens is 2500 g/mol. The second-order valence-electron chi connectivity index (χ2n) is 41.1. The highest BCUT2D eigenvalue weighted by atomic mass is 79.9. The van der Waals surface area contributed by atoms with E-state index in [1.165, 1.54) is 192 Å². The van der Waals surface area contributed by atoms with Gasteiger partial charge < -0.3 is 8.98 Å². The quantitative estimate of drug-likeness (QED) is 0.160. The molecule has 1 spiro atoms. The maximum atomic E-state index is 5.75. The minimum Gasteiger partial charge on any atom is -0.456 e. The van der Waals surface area contributed by atoms with Gasteiger partial charge in [0.05, 0.1) is 16.4 Å². The summed E-state index contributed by atoms with van der Waals surface area (Å²) in [7, 11) is 0.